The lowest BCUT2D eigenvalue weighted by molar-refractivity contribution is -0.118. The van der Waals surface area contributed by atoms with Crippen molar-refractivity contribution in [2.75, 3.05) is 5.32 Å². The summed E-state index contributed by atoms with van der Waals surface area (Å²) in [5, 5.41) is 11.6. The third kappa shape index (κ3) is 3.40. The molecule has 0 unspecified atom stereocenters. The largest absolute Gasteiger partial charge is 0.310 e. The van der Waals surface area contributed by atoms with Crippen LogP contribution in [0, 0.1) is 18.7 Å². The van der Waals surface area contributed by atoms with Crippen molar-refractivity contribution in [2.45, 2.75) is 20.8 Å². The summed E-state index contributed by atoms with van der Waals surface area (Å²) in [5.41, 5.74) is 1.06. The first kappa shape index (κ1) is 18.5. The average Bonchev–Trinajstić information content (AvgIpc) is 3.26. The van der Waals surface area contributed by atoms with Crippen molar-refractivity contribution < 1.29 is 9.18 Å². The quantitative estimate of drug-likeness (QED) is 0.551. The van der Waals surface area contributed by atoms with Crippen molar-refractivity contribution in [3.63, 3.8) is 0 Å². The van der Waals surface area contributed by atoms with Crippen LogP contribution in [0.4, 0.5) is 10.2 Å². The molecule has 0 aliphatic heterocycles. The van der Waals surface area contributed by atoms with E-state index in [1.807, 2.05) is 0 Å². The Morgan fingerprint density at radius 2 is 1.93 bits per heavy atom. The summed E-state index contributed by atoms with van der Waals surface area (Å²) in [6, 6.07) is 7.36. The van der Waals surface area contributed by atoms with Crippen LogP contribution in [-0.4, -0.2) is 35.4 Å². The summed E-state index contributed by atoms with van der Waals surface area (Å²) in [4.78, 5) is 31.9. The molecule has 148 valence electrons. The molecule has 4 rings (SSSR count). The van der Waals surface area contributed by atoms with E-state index in [4.69, 9.17) is 0 Å². The number of fused-ring (bicyclic) bond motifs is 1. The zero-order chi connectivity index (χ0) is 20.7. The van der Waals surface area contributed by atoms with Gasteiger partial charge in [0.15, 0.2) is 5.65 Å². The van der Waals surface area contributed by atoms with Gasteiger partial charge in [0.05, 0.1) is 17.6 Å². The molecule has 1 aromatic carbocycles. The maximum atomic E-state index is 13.3. The Morgan fingerprint density at radius 3 is 2.62 bits per heavy atom. The van der Waals surface area contributed by atoms with Crippen molar-refractivity contribution in [1.29, 1.82) is 0 Å². The minimum atomic E-state index is -0.410. The Hall–Kier alpha value is -3.82. The van der Waals surface area contributed by atoms with E-state index in [2.05, 4.69) is 25.5 Å². The molecule has 3 heterocycles. The van der Waals surface area contributed by atoms with Crippen LogP contribution in [-0.2, 0) is 4.79 Å². The Kier molecular flexibility index (Phi) is 4.45. The Morgan fingerprint density at radius 1 is 1.21 bits per heavy atom. The first-order chi connectivity index (χ1) is 13.8. The van der Waals surface area contributed by atoms with Crippen LogP contribution in [0.2, 0.25) is 0 Å². The van der Waals surface area contributed by atoms with Gasteiger partial charge >= 0.3 is 0 Å². The number of hydrogen-bond acceptors (Lipinski definition) is 5. The zero-order valence-corrected chi connectivity index (χ0v) is 16.0. The van der Waals surface area contributed by atoms with Gasteiger partial charge in [-0.25, -0.2) is 9.07 Å². The maximum Gasteiger partial charge on any atom is 0.263 e. The molecule has 0 atom stereocenters. The van der Waals surface area contributed by atoms with Crippen molar-refractivity contribution in [3.05, 3.63) is 58.4 Å². The average molecular weight is 395 g/mol. The second-order valence-electron chi connectivity index (χ2n) is 6.89. The van der Waals surface area contributed by atoms with Gasteiger partial charge in [-0.05, 0) is 31.2 Å². The Labute approximate surface area is 164 Å². The fraction of sp³-hybridized carbons (Fsp3) is 0.211. The number of halogens is 1. The van der Waals surface area contributed by atoms with Crippen molar-refractivity contribution in [2.24, 2.45) is 5.92 Å². The monoisotopic (exact) mass is 395 g/mol. The molecular formula is C19H18FN7O2. The SMILES string of the molecule is Cc1cc(NC(=O)C(C)C)n(-c2nc3c(cnn3-c3ccc(F)cc3)c(=O)[nH]2)n1. The van der Waals surface area contributed by atoms with Crippen LogP contribution in [0.25, 0.3) is 22.7 Å². The molecular weight excluding hydrogens is 377 g/mol. The highest BCUT2D eigenvalue weighted by molar-refractivity contribution is 5.91. The summed E-state index contributed by atoms with van der Waals surface area (Å²) in [6.45, 7) is 5.31. The van der Waals surface area contributed by atoms with Crippen molar-refractivity contribution >= 4 is 22.8 Å². The number of aromatic nitrogens is 6. The van der Waals surface area contributed by atoms with E-state index in [9.17, 15) is 14.0 Å². The second-order valence-corrected chi connectivity index (χ2v) is 6.89. The smallest absolute Gasteiger partial charge is 0.263 e. The molecule has 0 aliphatic carbocycles. The number of amides is 1. The van der Waals surface area contributed by atoms with E-state index in [1.165, 1.54) is 39.8 Å². The predicted octanol–water partition coefficient (Wildman–Crippen LogP) is 2.34. The topological polar surface area (TPSA) is 110 Å². The highest BCUT2D eigenvalue weighted by Crippen LogP contribution is 2.18. The summed E-state index contributed by atoms with van der Waals surface area (Å²) in [7, 11) is 0. The van der Waals surface area contributed by atoms with E-state index in [0.717, 1.165) is 0 Å². The summed E-state index contributed by atoms with van der Waals surface area (Å²) in [6.07, 6.45) is 1.39. The van der Waals surface area contributed by atoms with Crippen LogP contribution in [0.3, 0.4) is 0 Å². The lowest BCUT2D eigenvalue weighted by Crippen LogP contribution is -2.21. The van der Waals surface area contributed by atoms with Gasteiger partial charge in [-0.2, -0.15) is 19.9 Å². The first-order valence-corrected chi connectivity index (χ1v) is 8.95. The van der Waals surface area contributed by atoms with Crippen LogP contribution in [0.5, 0.6) is 0 Å². The number of nitrogens with zero attached hydrogens (tertiary/aromatic N) is 5. The van der Waals surface area contributed by atoms with Crippen LogP contribution < -0.4 is 10.9 Å². The molecule has 4 aromatic rings. The lowest BCUT2D eigenvalue weighted by atomic mass is 10.2. The number of hydrogen-bond donors (Lipinski definition) is 2. The van der Waals surface area contributed by atoms with E-state index in [-0.39, 0.29) is 34.6 Å². The van der Waals surface area contributed by atoms with Gasteiger partial charge in [-0.3, -0.25) is 14.6 Å². The Balaban J connectivity index is 1.86. The zero-order valence-electron chi connectivity index (χ0n) is 16.0. The number of anilines is 1. The molecule has 29 heavy (non-hydrogen) atoms. The molecule has 9 nitrogen and oxygen atoms in total. The molecule has 0 aliphatic rings. The standard InChI is InChI=1S/C19H18FN7O2/c1-10(2)17(28)22-15-8-11(3)25-27(15)19-23-16-14(18(29)24-19)9-21-26(16)13-6-4-12(20)5-7-13/h4-10H,1-3H3,(H,22,28)(H,23,24,29). The minimum Gasteiger partial charge on any atom is -0.310 e. The summed E-state index contributed by atoms with van der Waals surface area (Å²) >= 11 is 0. The number of H-pyrrole nitrogens is 1. The number of carbonyl (C=O) groups excluding carboxylic acids is 1. The predicted molar refractivity (Wildman–Crippen MR) is 105 cm³/mol. The number of benzene rings is 1. The van der Waals surface area contributed by atoms with Crippen molar-refractivity contribution in [1.82, 2.24) is 29.5 Å². The number of carbonyl (C=O) groups is 1. The Bertz CT molecular complexity index is 1270. The van der Waals surface area contributed by atoms with Gasteiger partial charge < -0.3 is 5.32 Å². The molecule has 3 aromatic heterocycles. The molecule has 10 heteroatoms. The van der Waals surface area contributed by atoms with Crippen LogP contribution >= 0.6 is 0 Å². The van der Waals surface area contributed by atoms with E-state index >= 15 is 0 Å². The highest BCUT2D eigenvalue weighted by Gasteiger charge is 2.17. The molecule has 0 saturated heterocycles. The molecule has 0 saturated carbocycles. The molecule has 0 spiro atoms. The minimum absolute atomic E-state index is 0.124. The van der Waals surface area contributed by atoms with Crippen molar-refractivity contribution in [3.8, 4) is 11.6 Å². The first-order valence-electron chi connectivity index (χ1n) is 8.95. The number of nitrogens with one attached hydrogen (secondary N) is 2. The number of aryl methyl sites for hydroxylation is 1. The fourth-order valence-corrected chi connectivity index (χ4v) is 2.80. The van der Waals surface area contributed by atoms with Gasteiger partial charge in [0.1, 0.15) is 17.0 Å². The van der Waals surface area contributed by atoms with Crippen LogP contribution in [0.1, 0.15) is 19.5 Å². The van der Waals surface area contributed by atoms with E-state index < -0.39 is 5.56 Å². The highest BCUT2D eigenvalue weighted by atomic mass is 19.1. The molecule has 0 fully saturated rings. The van der Waals surface area contributed by atoms with E-state index in [0.29, 0.717) is 17.2 Å². The maximum absolute atomic E-state index is 13.3. The van der Waals surface area contributed by atoms with Gasteiger partial charge in [-0.1, -0.05) is 13.8 Å². The fourth-order valence-electron chi connectivity index (χ4n) is 2.80. The van der Waals surface area contributed by atoms with Gasteiger partial charge in [0.2, 0.25) is 11.9 Å². The third-order valence-electron chi connectivity index (χ3n) is 4.30. The third-order valence-corrected chi connectivity index (χ3v) is 4.30. The molecule has 2 N–H and O–H groups in total. The molecule has 0 radical (unpaired) electrons. The molecule has 1 amide bonds. The van der Waals surface area contributed by atoms with Gasteiger partial charge in [0, 0.05) is 12.0 Å². The molecule has 0 bridgehead atoms. The summed E-state index contributed by atoms with van der Waals surface area (Å²) < 4.78 is 16.1. The van der Waals surface area contributed by atoms with Crippen LogP contribution in [0.15, 0.2) is 41.3 Å². The second kappa shape index (κ2) is 6.97. The van der Waals surface area contributed by atoms with E-state index in [1.54, 1.807) is 26.8 Å². The van der Waals surface area contributed by atoms with Gasteiger partial charge in [0.25, 0.3) is 5.56 Å². The number of aromatic amines is 1. The normalized spacial score (nSPS) is 11.3. The number of rotatable bonds is 4. The lowest BCUT2D eigenvalue weighted by Gasteiger charge is -2.10. The van der Waals surface area contributed by atoms with Gasteiger partial charge in [-0.15, -0.1) is 0 Å². The summed E-state index contributed by atoms with van der Waals surface area (Å²) in [5.74, 6) is -0.289.